The molecule has 0 unspecified atom stereocenters. The highest BCUT2D eigenvalue weighted by molar-refractivity contribution is 5.94. The van der Waals surface area contributed by atoms with Crippen molar-refractivity contribution in [3.63, 3.8) is 0 Å². The first-order valence-corrected chi connectivity index (χ1v) is 9.33. The van der Waals surface area contributed by atoms with Crippen LogP contribution in [0.2, 0.25) is 0 Å². The van der Waals surface area contributed by atoms with Crippen molar-refractivity contribution in [2.24, 2.45) is 0 Å². The van der Waals surface area contributed by atoms with E-state index in [1.54, 1.807) is 0 Å². The van der Waals surface area contributed by atoms with Crippen LogP contribution in [0, 0.1) is 13.8 Å². The molecule has 0 bridgehead atoms. The van der Waals surface area contributed by atoms with Gasteiger partial charge in [-0.15, -0.1) is 0 Å². The van der Waals surface area contributed by atoms with Gasteiger partial charge in [-0.2, -0.15) is 5.10 Å². The summed E-state index contributed by atoms with van der Waals surface area (Å²) in [6, 6.07) is 6.61. The van der Waals surface area contributed by atoms with Gasteiger partial charge < -0.3 is 10.6 Å². The Kier molecular flexibility index (Phi) is 4.34. The number of carbonyl (C=O) groups excluding carboxylic acids is 1. The lowest BCUT2D eigenvalue weighted by Crippen LogP contribution is -2.45. The largest absolute Gasteiger partial charge is 0.347 e. The molecule has 1 aromatic heterocycles. The van der Waals surface area contributed by atoms with E-state index in [1.807, 2.05) is 4.68 Å². The molecule has 2 aromatic rings. The highest BCUT2D eigenvalue weighted by Gasteiger charge is 2.28. The van der Waals surface area contributed by atoms with Crippen LogP contribution in [0.5, 0.6) is 0 Å². The molecule has 2 N–H and O–H groups in total. The number of hydrogen-bond donors (Lipinski definition) is 2. The molecular weight excluding hydrogens is 312 g/mol. The molecule has 1 saturated heterocycles. The Balaban J connectivity index is 1.66. The molecule has 1 aliphatic heterocycles. The van der Waals surface area contributed by atoms with E-state index in [0.29, 0.717) is 5.69 Å². The molecule has 132 valence electrons. The molecule has 1 aromatic carbocycles. The van der Waals surface area contributed by atoms with E-state index in [0.717, 1.165) is 56.4 Å². The summed E-state index contributed by atoms with van der Waals surface area (Å²) < 4.78 is 2.01. The molecule has 5 nitrogen and oxygen atoms in total. The van der Waals surface area contributed by atoms with E-state index in [2.05, 4.69) is 42.7 Å². The van der Waals surface area contributed by atoms with Crippen LogP contribution in [-0.2, 0) is 12.8 Å². The highest BCUT2D eigenvalue weighted by Crippen LogP contribution is 2.29. The van der Waals surface area contributed by atoms with E-state index in [9.17, 15) is 4.79 Å². The van der Waals surface area contributed by atoms with Crippen molar-refractivity contribution in [3.8, 4) is 5.69 Å². The van der Waals surface area contributed by atoms with Crippen molar-refractivity contribution in [1.29, 1.82) is 0 Å². The van der Waals surface area contributed by atoms with Crippen molar-refractivity contribution in [2.45, 2.75) is 52.0 Å². The maximum atomic E-state index is 12.8. The number of amides is 1. The summed E-state index contributed by atoms with van der Waals surface area (Å²) >= 11 is 0. The lowest BCUT2D eigenvalue weighted by atomic mass is 10.1. The fourth-order valence-corrected chi connectivity index (χ4v) is 4.09. The van der Waals surface area contributed by atoms with Crippen molar-refractivity contribution >= 4 is 5.91 Å². The third-order valence-corrected chi connectivity index (χ3v) is 5.36. The second kappa shape index (κ2) is 6.64. The molecule has 1 aliphatic carbocycles. The van der Waals surface area contributed by atoms with E-state index in [4.69, 9.17) is 5.10 Å². The minimum atomic E-state index is -0.0182. The fourth-order valence-electron chi connectivity index (χ4n) is 4.09. The quantitative estimate of drug-likeness (QED) is 0.904. The van der Waals surface area contributed by atoms with Gasteiger partial charge in [0.1, 0.15) is 0 Å². The molecule has 0 spiro atoms. The average molecular weight is 338 g/mol. The average Bonchev–Trinajstić information content (AvgIpc) is 3.18. The zero-order chi connectivity index (χ0) is 17.4. The molecule has 4 rings (SSSR count). The number of nitrogens with one attached hydrogen (secondary N) is 2. The van der Waals surface area contributed by atoms with Gasteiger partial charge in [-0.1, -0.05) is 17.7 Å². The molecule has 1 fully saturated rings. The van der Waals surface area contributed by atoms with Gasteiger partial charge in [0.25, 0.3) is 5.91 Å². The number of rotatable bonds is 3. The number of nitrogens with zero attached hydrogens (tertiary/aromatic N) is 2. The van der Waals surface area contributed by atoms with Gasteiger partial charge in [0.05, 0.1) is 5.69 Å². The minimum Gasteiger partial charge on any atom is -0.347 e. The summed E-state index contributed by atoms with van der Waals surface area (Å²) in [4.78, 5) is 12.8. The topological polar surface area (TPSA) is 59.0 Å². The molecule has 0 saturated carbocycles. The van der Waals surface area contributed by atoms with Gasteiger partial charge in [-0.05, 0) is 64.1 Å². The van der Waals surface area contributed by atoms with Crippen LogP contribution >= 0.6 is 0 Å². The highest BCUT2D eigenvalue weighted by atomic mass is 16.2. The van der Waals surface area contributed by atoms with E-state index in [-0.39, 0.29) is 11.9 Å². The molecule has 1 amide bonds. The van der Waals surface area contributed by atoms with Gasteiger partial charge in [0, 0.05) is 23.8 Å². The van der Waals surface area contributed by atoms with Crippen molar-refractivity contribution in [3.05, 3.63) is 46.3 Å². The molecule has 5 heteroatoms. The van der Waals surface area contributed by atoms with E-state index >= 15 is 0 Å². The number of fused-ring (bicyclic) bond motifs is 1. The molecule has 0 radical (unpaired) electrons. The Morgan fingerprint density at radius 2 is 2.16 bits per heavy atom. The lowest BCUT2D eigenvalue weighted by Gasteiger charge is -2.23. The van der Waals surface area contributed by atoms with Gasteiger partial charge >= 0.3 is 0 Å². The van der Waals surface area contributed by atoms with Crippen LogP contribution in [-0.4, -0.2) is 34.8 Å². The number of aryl methyl sites for hydroxylation is 2. The third kappa shape index (κ3) is 3.09. The van der Waals surface area contributed by atoms with Gasteiger partial charge in [0.2, 0.25) is 0 Å². The predicted molar refractivity (Wildman–Crippen MR) is 98.4 cm³/mol. The number of hydrogen-bond acceptors (Lipinski definition) is 3. The Morgan fingerprint density at radius 3 is 2.92 bits per heavy atom. The number of benzene rings is 1. The second-order valence-corrected chi connectivity index (χ2v) is 7.35. The summed E-state index contributed by atoms with van der Waals surface area (Å²) in [6.45, 7) is 6.11. The maximum Gasteiger partial charge on any atom is 0.272 e. The monoisotopic (exact) mass is 338 g/mol. The minimum absolute atomic E-state index is 0.0182. The number of carbonyl (C=O) groups is 1. The first-order chi connectivity index (χ1) is 12.1. The first-order valence-electron chi connectivity index (χ1n) is 9.33. The van der Waals surface area contributed by atoms with Crippen molar-refractivity contribution < 1.29 is 4.79 Å². The van der Waals surface area contributed by atoms with Crippen LogP contribution in [0.3, 0.4) is 0 Å². The standard InChI is InChI=1S/C20H26N4O/c1-13-8-9-17(14(2)11-13)24-18-7-3-6-16(18)19(23-24)20(25)22-15-5-4-10-21-12-15/h8-9,11,15,21H,3-7,10,12H2,1-2H3,(H,22,25)/t15-/m0/s1. The Hall–Kier alpha value is -2.14. The molecule has 2 aliphatic rings. The molecule has 25 heavy (non-hydrogen) atoms. The van der Waals surface area contributed by atoms with Crippen LogP contribution in [0.1, 0.15) is 52.1 Å². The maximum absolute atomic E-state index is 12.8. The van der Waals surface area contributed by atoms with E-state index in [1.165, 1.54) is 16.8 Å². The SMILES string of the molecule is Cc1ccc(-n2nc(C(=O)N[C@H]3CCCNC3)c3c2CCC3)c(C)c1. The summed E-state index contributed by atoms with van der Waals surface area (Å²) in [5.74, 6) is -0.0182. The van der Waals surface area contributed by atoms with Crippen LogP contribution < -0.4 is 10.6 Å². The zero-order valence-electron chi connectivity index (χ0n) is 15.1. The number of piperidine rings is 1. The predicted octanol–water partition coefficient (Wildman–Crippen LogP) is 2.46. The van der Waals surface area contributed by atoms with Crippen molar-refractivity contribution in [1.82, 2.24) is 20.4 Å². The summed E-state index contributed by atoms with van der Waals surface area (Å²) in [5.41, 5.74) is 6.49. The lowest BCUT2D eigenvalue weighted by molar-refractivity contribution is 0.0924. The fraction of sp³-hybridized carbons (Fsp3) is 0.500. The van der Waals surface area contributed by atoms with E-state index < -0.39 is 0 Å². The smallest absolute Gasteiger partial charge is 0.272 e. The Morgan fingerprint density at radius 1 is 1.28 bits per heavy atom. The number of aromatic nitrogens is 2. The van der Waals surface area contributed by atoms with Crippen LogP contribution in [0.15, 0.2) is 18.2 Å². The van der Waals surface area contributed by atoms with Gasteiger partial charge in [0.15, 0.2) is 5.69 Å². The van der Waals surface area contributed by atoms with Crippen LogP contribution in [0.25, 0.3) is 5.69 Å². The van der Waals surface area contributed by atoms with Gasteiger partial charge in [-0.3, -0.25) is 4.79 Å². The van der Waals surface area contributed by atoms with Gasteiger partial charge in [-0.25, -0.2) is 4.68 Å². The molecule has 2 heterocycles. The Bertz CT molecular complexity index is 802. The van der Waals surface area contributed by atoms with Crippen LogP contribution in [0.4, 0.5) is 0 Å². The third-order valence-electron chi connectivity index (χ3n) is 5.36. The summed E-state index contributed by atoms with van der Waals surface area (Å²) in [7, 11) is 0. The summed E-state index contributed by atoms with van der Waals surface area (Å²) in [5, 5.41) is 11.3. The first kappa shape index (κ1) is 16.3. The van der Waals surface area contributed by atoms with Crippen molar-refractivity contribution in [2.75, 3.05) is 13.1 Å². The molecule has 1 atom stereocenters. The normalized spacial score (nSPS) is 19.7. The zero-order valence-corrected chi connectivity index (χ0v) is 15.1. The molecular formula is C20H26N4O. The second-order valence-electron chi connectivity index (χ2n) is 7.35. The summed E-state index contributed by atoms with van der Waals surface area (Å²) in [6.07, 6.45) is 5.20. The Labute approximate surface area is 148 Å².